The number of hydrogen-bond donors (Lipinski definition) is 0. The molecule has 1 aliphatic heterocycles. The Morgan fingerprint density at radius 1 is 1.47 bits per heavy atom. The van der Waals surface area contributed by atoms with E-state index in [2.05, 4.69) is 44.9 Å². The second kappa shape index (κ2) is 4.07. The fraction of sp³-hybridized carbons (Fsp3) is 0.818. The number of rotatable bonds is 2. The molecule has 0 unspecified atom stereocenters. The minimum Gasteiger partial charge on any atom is -0.408 e. The lowest BCUT2D eigenvalue weighted by Gasteiger charge is -2.38. The van der Waals surface area contributed by atoms with E-state index in [1.807, 2.05) is 0 Å². The molecule has 0 bridgehead atoms. The van der Waals surface area contributed by atoms with Crippen molar-refractivity contribution < 1.29 is 4.43 Å². The Hall–Kier alpha value is -0.663. The van der Waals surface area contributed by atoms with Gasteiger partial charge in [0.15, 0.2) is 8.32 Å². The number of aliphatic imine (C=N–C) groups is 1. The molecule has 0 amide bonds. The Bertz CT molecular complexity index is 310. The summed E-state index contributed by atoms with van der Waals surface area (Å²) in [6.07, 6.45) is 0.825. The SMILES string of the molecule is CC(C)(C)[Si](C)(C)O[C@H]1CCN=C1C#N. The molecule has 0 aliphatic carbocycles. The van der Waals surface area contributed by atoms with Gasteiger partial charge in [0, 0.05) is 6.54 Å². The highest BCUT2D eigenvalue weighted by Gasteiger charge is 2.40. The summed E-state index contributed by atoms with van der Waals surface area (Å²) in [7, 11) is -1.76. The summed E-state index contributed by atoms with van der Waals surface area (Å²) >= 11 is 0. The summed E-state index contributed by atoms with van der Waals surface area (Å²) in [6.45, 7) is 11.8. The third-order valence-electron chi connectivity index (χ3n) is 3.34. The van der Waals surface area contributed by atoms with E-state index in [1.54, 1.807) is 0 Å². The van der Waals surface area contributed by atoms with E-state index >= 15 is 0 Å². The van der Waals surface area contributed by atoms with Gasteiger partial charge in [-0.05, 0) is 24.6 Å². The van der Waals surface area contributed by atoms with Crippen LogP contribution in [0.4, 0.5) is 0 Å². The summed E-state index contributed by atoms with van der Waals surface area (Å²) in [6, 6.07) is 2.14. The number of nitrogens with zero attached hydrogens (tertiary/aromatic N) is 2. The second-order valence-electron chi connectivity index (χ2n) is 5.53. The van der Waals surface area contributed by atoms with Crippen molar-refractivity contribution in [3.63, 3.8) is 0 Å². The first kappa shape index (κ1) is 12.4. The maximum Gasteiger partial charge on any atom is 0.193 e. The standard InChI is InChI=1S/C11H20N2OSi/c1-11(2,3)15(4,5)14-10-6-7-13-9(10)8-12/h10H,6-7H2,1-5H3/t10-/m0/s1. The predicted molar refractivity (Wildman–Crippen MR) is 64.6 cm³/mol. The van der Waals surface area contributed by atoms with Crippen LogP contribution in [0.3, 0.4) is 0 Å². The van der Waals surface area contributed by atoms with Gasteiger partial charge in [-0.3, -0.25) is 4.99 Å². The fourth-order valence-electron chi connectivity index (χ4n) is 1.30. The molecule has 15 heavy (non-hydrogen) atoms. The monoisotopic (exact) mass is 224 g/mol. The summed E-state index contributed by atoms with van der Waals surface area (Å²) in [5.41, 5.74) is 0.583. The molecule has 0 saturated carbocycles. The first-order chi connectivity index (χ1) is 6.78. The van der Waals surface area contributed by atoms with Crippen LogP contribution in [-0.4, -0.2) is 26.7 Å². The molecule has 0 fully saturated rings. The van der Waals surface area contributed by atoms with E-state index in [4.69, 9.17) is 9.69 Å². The molecule has 0 saturated heterocycles. The molecule has 0 aromatic carbocycles. The highest BCUT2D eigenvalue weighted by molar-refractivity contribution is 6.74. The first-order valence-electron chi connectivity index (χ1n) is 5.40. The van der Waals surface area contributed by atoms with Gasteiger partial charge < -0.3 is 4.43 Å². The van der Waals surface area contributed by atoms with Gasteiger partial charge in [-0.25, -0.2) is 0 Å². The molecular formula is C11H20N2OSi. The van der Waals surface area contributed by atoms with Gasteiger partial charge in [0.1, 0.15) is 11.8 Å². The summed E-state index contributed by atoms with van der Waals surface area (Å²) in [5, 5.41) is 9.08. The lowest BCUT2D eigenvalue weighted by atomic mass is 10.2. The maximum atomic E-state index is 8.89. The highest BCUT2D eigenvalue weighted by Crippen LogP contribution is 2.38. The van der Waals surface area contributed by atoms with Crippen molar-refractivity contribution in [1.82, 2.24) is 0 Å². The molecule has 0 aromatic heterocycles. The Labute approximate surface area is 93.3 Å². The van der Waals surface area contributed by atoms with Gasteiger partial charge >= 0.3 is 0 Å². The van der Waals surface area contributed by atoms with Gasteiger partial charge in [0.2, 0.25) is 0 Å². The van der Waals surface area contributed by atoms with E-state index in [9.17, 15) is 0 Å². The molecule has 0 N–H and O–H groups in total. The van der Waals surface area contributed by atoms with Gasteiger partial charge in [0.25, 0.3) is 0 Å². The Morgan fingerprint density at radius 2 is 2.07 bits per heavy atom. The van der Waals surface area contributed by atoms with Crippen LogP contribution in [0, 0.1) is 11.3 Å². The van der Waals surface area contributed by atoms with Gasteiger partial charge in [-0.2, -0.15) is 5.26 Å². The molecule has 3 nitrogen and oxygen atoms in total. The van der Waals surface area contributed by atoms with Crippen molar-refractivity contribution in [2.45, 2.75) is 51.4 Å². The van der Waals surface area contributed by atoms with E-state index in [0.29, 0.717) is 5.71 Å². The Balaban J connectivity index is 2.71. The summed E-state index contributed by atoms with van der Waals surface area (Å²) in [5.74, 6) is 0. The average molecular weight is 224 g/mol. The number of hydrogen-bond acceptors (Lipinski definition) is 3. The maximum absolute atomic E-state index is 8.89. The second-order valence-corrected chi connectivity index (χ2v) is 10.3. The smallest absolute Gasteiger partial charge is 0.193 e. The zero-order chi connectivity index (χ0) is 11.7. The molecule has 1 rings (SSSR count). The predicted octanol–water partition coefficient (Wildman–Crippen LogP) is 2.75. The van der Waals surface area contributed by atoms with Crippen LogP contribution < -0.4 is 0 Å². The van der Waals surface area contributed by atoms with Gasteiger partial charge in [-0.1, -0.05) is 20.8 Å². The molecule has 0 spiro atoms. The molecule has 0 radical (unpaired) electrons. The van der Waals surface area contributed by atoms with Crippen molar-refractivity contribution in [3.05, 3.63) is 0 Å². The van der Waals surface area contributed by atoms with Crippen LogP contribution in [0.1, 0.15) is 27.2 Å². The largest absolute Gasteiger partial charge is 0.408 e. The van der Waals surface area contributed by atoms with E-state index < -0.39 is 8.32 Å². The first-order valence-corrected chi connectivity index (χ1v) is 8.31. The minimum absolute atomic E-state index is 0.0455. The van der Waals surface area contributed by atoms with Gasteiger partial charge in [0.05, 0.1) is 6.10 Å². The van der Waals surface area contributed by atoms with Crippen molar-refractivity contribution in [2.75, 3.05) is 6.54 Å². The van der Waals surface area contributed by atoms with Crippen LogP contribution in [-0.2, 0) is 4.43 Å². The topological polar surface area (TPSA) is 45.4 Å². The lowest BCUT2D eigenvalue weighted by Crippen LogP contribution is -2.45. The van der Waals surface area contributed by atoms with Crippen LogP contribution in [0.25, 0.3) is 0 Å². The van der Waals surface area contributed by atoms with E-state index in [0.717, 1.165) is 13.0 Å². The molecule has 1 atom stereocenters. The minimum atomic E-state index is -1.76. The average Bonchev–Trinajstić information content (AvgIpc) is 2.48. The molecule has 0 aromatic rings. The van der Waals surface area contributed by atoms with Crippen LogP contribution in [0.2, 0.25) is 18.1 Å². The summed E-state index contributed by atoms with van der Waals surface area (Å²) < 4.78 is 6.15. The van der Waals surface area contributed by atoms with Crippen LogP contribution >= 0.6 is 0 Å². The van der Waals surface area contributed by atoms with E-state index in [-0.39, 0.29) is 11.1 Å². The number of nitriles is 1. The Kier molecular flexibility index (Phi) is 3.36. The molecular weight excluding hydrogens is 204 g/mol. The quantitative estimate of drug-likeness (QED) is 0.677. The molecule has 1 heterocycles. The molecule has 84 valence electrons. The van der Waals surface area contributed by atoms with Gasteiger partial charge in [-0.15, -0.1) is 0 Å². The van der Waals surface area contributed by atoms with Crippen molar-refractivity contribution >= 4 is 14.0 Å². The normalized spacial score (nSPS) is 22.4. The zero-order valence-corrected chi connectivity index (χ0v) is 11.3. The van der Waals surface area contributed by atoms with Crippen molar-refractivity contribution in [2.24, 2.45) is 4.99 Å². The third kappa shape index (κ3) is 2.67. The van der Waals surface area contributed by atoms with Crippen molar-refractivity contribution in [1.29, 1.82) is 5.26 Å². The van der Waals surface area contributed by atoms with Crippen molar-refractivity contribution in [3.8, 4) is 6.07 Å². The molecule has 4 heteroatoms. The molecule has 1 aliphatic rings. The highest BCUT2D eigenvalue weighted by atomic mass is 28.4. The van der Waals surface area contributed by atoms with Crippen LogP contribution in [0.15, 0.2) is 4.99 Å². The third-order valence-corrected chi connectivity index (χ3v) is 7.82. The lowest BCUT2D eigenvalue weighted by molar-refractivity contribution is 0.244. The zero-order valence-electron chi connectivity index (χ0n) is 10.3. The Morgan fingerprint density at radius 3 is 2.53 bits per heavy atom. The fourth-order valence-corrected chi connectivity index (χ4v) is 2.59. The van der Waals surface area contributed by atoms with E-state index in [1.165, 1.54) is 0 Å². The summed E-state index contributed by atoms with van der Waals surface area (Å²) in [4.78, 5) is 4.15. The van der Waals surface area contributed by atoms with Crippen LogP contribution in [0.5, 0.6) is 0 Å².